The molecule has 1 fully saturated rings. The van der Waals surface area contributed by atoms with Gasteiger partial charge in [0, 0.05) is 5.92 Å². The molecule has 1 heterocycles. The average Bonchev–Trinajstić information content (AvgIpc) is 2.13. The van der Waals surface area contributed by atoms with Gasteiger partial charge in [-0.05, 0) is 12.3 Å². The Morgan fingerprint density at radius 3 is 2.44 bits per heavy atom. The van der Waals surface area contributed by atoms with Crippen molar-refractivity contribution in [3.05, 3.63) is 0 Å². The summed E-state index contributed by atoms with van der Waals surface area (Å²) in [4.78, 5) is 0. The average molecular weight is 130 g/mol. The number of hydrogen-bond acceptors (Lipinski definition) is 2. The maximum atomic E-state index is 9.14. The number of aliphatic hydroxyl groups excluding tert-OH is 1. The zero-order valence-electron chi connectivity index (χ0n) is 6.00. The maximum absolute atomic E-state index is 9.14. The van der Waals surface area contributed by atoms with Gasteiger partial charge in [0.1, 0.15) is 0 Å². The minimum atomic E-state index is -0.495. The molecule has 1 aliphatic rings. The van der Waals surface area contributed by atoms with Gasteiger partial charge in [-0.1, -0.05) is 13.8 Å². The molecule has 0 aromatic rings. The normalized spacial score (nSPS) is 36.0. The molecule has 1 N–H and O–H groups in total. The van der Waals surface area contributed by atoms with Crippen LogP contribution in [0.5, 0.6) is 0 Å². The highest BCUT2D eigenvalue weighted by atomic mass is 16.6. The Morgan fingerprint density at radius 2 is 2.22 bits per heavy atom. The molecule has 54 valence electrons. The van der Waals surface area contributed by atoms with Crippen molar-refractivity contribution in [1.29, 1.82) is 0 Å². The lowest BCUT2D eigenvalue weighted by atomic mass is 9.94. The lowest BCUT2D eigenvalue weighted by molar-refractivity contribution is -0.0901. The van der Waals surface area contributed by atoms with E-state index in [1.54, 1.807) is 0 Å². The molecule has 0 spiro atoms. The molecule has 2 nitrogen and oxygen atoms in total. The van der Waals surface area contributed by atoms with Crippen LogP contribution in [0, 0.1) is 11.8 Å². The molecule has 1 aliphatic heterocycles. The van der Waals surface area contributed by atoms with Gasteiger partial charge in [0.25, 0.3) is 0 Å². The van der Waals surface area contributed by atoms with Gasteiger partial charge in [-0.2, -0.15) is 0 Å². The largest absolute Gasteiger partial charge is 0.368 e. The second-order valence-corrected chi connectivity index (χ2v) is 2.96. The van der Waals surface area contributed by atoms with E-state index in [1.807, 2.05) is 0 Å². The molecule has 2 atom stereocenters. The van der Waals surface area contributed by atoms with Gasteiger partial charge in [-0.25, -0.2) is 0 Å². The van der Waals surface area contributed by atoms with Gasteiger partial charge in [0.15, 0.2) is 6.29 Å². The summed E-state index contributed by atoms with van der Waals surface area (Å²) >= 11 is 0. The van der Waals surface area contributed by atoms with Crippen molar-refractivity contribution in [2.24, 2.45) is 11.8 Å². The second-order valence-electron chi connectivity index (χ2n) is 2.96. The predicted octanol–water partition coefficient (Wildman–Crippen LogP) is 0.997. The van der Waals surface area contributed by atoms with E-state index >= 15 is 0 Å². The molecular weight excluding hydrogens is 116 g/mol. The summed E-state index contributed by atoms with van der Waals surface area (Å²) in [6.45, 7) is 4.95. The molecular formula is C7H14O2. The summed E-state index contributed by atoms with van der Waals surface area (Å²) in [6.07, 6.45) is 0.517. The second kappa shape index (κ2) is 2.67. The lowest BCUT2D eigenvalue weighted by Crippen LogP contribution is -2.19. The maximum Gasteiger partial charge on any atom is 0.157 e. The van der Waals surface area contributed by atoms with E-state index < -0.39 is 6.29 Å². The number of aliphatic hydroxyl groups is 1. The fraction of sp³-hybridized carbons (Fsp3) is 1.00. The highest BCUT2D eigenvalue weighted by Gasteiger charge is 2.28. The SMILES string of the molecule is CC(C)[C@@H]1CCO[C@@H]1O. The zero-order valence-corrected chi connectivity index (χ0v) is 6.00. The first kappa shape index (κ1) is 7.03. The quantitative estimate of drug-likeness (QED) is 0.573. The van der Waals surface area contributed by atoms with Crippen LogP contribution in [0.1, 0.15) is 20.3 Å². The van der Waals surface area contributed by atoms with Crippen molar-refractivity contribution < 1.29 is 9.84 Å². The molecule has 0 bridgehead atoms. The van der Waals surface area contributed by atoms with Gasteiger partial charge in [-0.3, -0.25) is 0 Å². The molecule has 0 saturated carbocycles. The molecule has 0 aromatic carbocycles. The number of ether oxygens (including phenoxy) is 1. The Kier molecular flexibility index (Phi) is 2.09. The molecule has 0 amide bonds. The van der Waals surface area contributed by atoms with Crippen LogP contribution in [0.15, 0.2) is 0 Å². The van der Waals surface area contributed by atoms with Crippen LogP contribution in [0.25, 0.3) is 0 Å². The first-order valence-corrected chi connectivity index (χ1v) is 3.51. The predicted molar refractivity (Wildman–Crippen MR) is 34.9 cm³/mol. The van der Waals surface area contributed by atoms with E-state index in [1.165, 1.54) is 0 Å². The summed E-state index contributed by atoms with van der Waals surface area (Å²) in [5.74, 6) is 0.910. The standard InChI is InChI=1S/C7H14O2/c1-5(2)6-3-4-9-7(6)8/h5-8H,3-4H2,1-2H3/t6-,7-/m0/s1. The van der Waals surface area contributed by atoms with Crippen molar-refractivity contribution in [1.82, 2.24) is 0 Å². The smallest absolute Gasteiger partial charge is 0.157 e. The van der Waals surface area contributed by atoms with Crippen LogP contribution in [-0.4, -0.2) is 18.0 Å². The van der Waals surface area contributed by atoms with Crippen LogP contribution in [0.3, 0.4) is 0 Å². The molecule has 0 aromatic heterocycles. The molecule has 1 rings (SSSR count). The summed E-state index contributed by atoms with van der Waals surface area (Å²) in [5, 5.41) is 9.14. The molecule has 2 heteroatoms. The summed E-state index contributed by atoms with van der Waals surface area (Å²) < 4.78 is 4.98. The Bertz CT molecular complexity index is 90.9. The van der Waals surface area contributed by atoms with Crippen LogP contribution < -0.4 is 0 Å². The zero-order chi connectivity index (χ0) is 6.85. The van der Waals surface area contributed by atoms with E-state index in [2.05, 4.69) is 13.8 Å². The topological polar surface area (TPSA) is 29.5 Å². The first-order valence-electron chi connectivity index (χ1n) is 3.51. The minimum Gasteiger partial charge on any atom is -0.368 e. The van der Waals surface area contributed by atoms with E-state index in [4.69, 9.17) is 9.84 Å². The highest BCUT2D eigenvalue weighted by molar-refractivity contribution is 4.70. The minimum absolute atomic E-state index is 0.366. The Hall–Kier alpha value is -0.0800. The van der Waals surface area contributed by atoms with E-state index in [-0.39, 0.29) is 0 Å². The summed E-state index contributed by atoms with van der Waals surface area (Å²) in [7, 11) is 0. The Morgan fingerprint density at radius 1 is 1.56 bits per heavy atom. The van der Waals surface area contributed by atoms with Gasteiger partial charge < -0.3 is 9.84 Å². The fourth-order valence-corrected chi connectivity index (χ4v) is 1.25. The highest BCUT2D eigenvalue weighted by Crippen LogP contribution is 2.25. The molecule has 1 saturated heterocycles. The van der Waals surface area contributed by atoms with E-state index in [0.717, 1.165) is 13.0 Å². The summed E-state index contributed by atoms with van der Waals surface area (Å²) in [5.41, 5.74) is 0. The Labute approximate surface area is 55.8 Å². The van der Waals surface area contributed by atoms with Crippen molar-refractivity contribution >= 4 is 0 Å². The van der Waals surface area contributed by atoms with Crippen molar-refractivity contribution in [3.63, 3.8) is 0 Å². The first-order chi connectivity index (χ1) is 4.22. The van der Waals surface area contributed by atoms with Gasteiger partial charge >= 0.3 is 0 Å². The third-order valence-electron chi connectivity index (χ3n) is 1.96. The van der Waals surface area contributed by atoms with E-state index in [0.29, 0.717) is 11.8 Å². The van der Waals surface area contributed by atoms with Gasteiger partial charge in [0.2, 0.25) is 0 Å². The van der Waals surface area contributed by atoms with E-state index in [9.17, 15) is 0 Å². The van der Waals surface area contributed by atoms with Crippen molar-refractivity contribution in [3.8, 4) is 0 Å². The van der Waals surface area contributed by atoms with Gasteiger partial charge in [0.05, 0.1) is 6.61 Å². The van der Waals surface area contributed by atoms with Crippen LogP contribution in [0.2, 0.25) is 0 Å². The summed E-state index contributed by atoms with van der Waals surface area (Å²) in [6, 6.07) is 0. The Balaban J connectivity index is 2.40. The van der Waals surface area contributed by atoms with Crippen LogP contribution in [-0.2, 0) is 4.74 Å². The van der Waals surface area contributed by atoms with Crippen molar-refractivity contribution in [2.75, 3.05) is 6.61 Å². The molecule has 0 aliphatic carbocycles. The van der Waals surface area contributed by atoms with Crippen molar-refractivity contribution in [2.45, 2.75) is 26.6 Å². The molecule has 0 unspecified atom stereocenters. The third kappa shape index (κ3) is 1.43. The molecule has 0 radical (unpaired) electrons. The number of rotatable bonds is 1. The van der Waals surface area contributed by atoms with Crippen LogP contribution in [0.4, 0.5) is 0 Å². The monoisotopic (exact) mass is 130 g/mol. The van der Waals surface area contributed by atoms with Crippen LogP contribution >= 0.6 is 0 Å². The fourth-order valence-electron chi connectivity index (χ4n) is 1.25. The van der Waals surface area contributed by atoms with Gasteiger partial charge in [-0.15, -0.1) is 0 Å². The number of hydrogen-bond donors (Lipinski definition) is 1. The molecule has 9 heavy (non-hydrogen) atoms. The third-order valence-corrected chi connectivity index (χ3v) is 1.96. The lowest BCUT2D eigenvalue weighted by Gasteiger charge is -2.15.